The highest BCUT2D eigenvalue weighted by molar-refractivity contribution is 7.98. The van der Waals surface area contributed by atoms with Gasteiger partial charge < -0.3 is 29.7 Å². The molecule has 0 aliphatic carbocycles. The van der Waals surface area contributed by atoms with Crippen molar-refractivity contribution in [3.63, 3.8) is 0 Å². The molecule has 0 radical (unpaired) electrons. The molecule has 0 aromatic heterocycles. The van der Waals surface area contributed by atoms with Gasteiger partial charge in [0.1, 0.15) is 17.5 Å². The van der Waals surface area contributed by atoms with Crippen molar-refractivity contribution in [2.75, 3.05) is 19.1 Å². The SMILES string of the molecule is CCC[C@H](NC(=O)[C@@H]1CCCCN1C(=O)[C@@H](OC(N)=O)C(C)(C)C)P(=O)(Oc1ccc(SC)cc1)Oc1ccc(SC)cc1. The Bertz CT molecular complexity index is 1270. The van der Waals surface area contributed by atoms with Crippen LogP contribution in [0.15, 0.2) is 58.3 Å². The molecule has 13 heteroatoms. The summed E-state index contributed by atoms with van der Waals surface area (Å²) in [5.74, 6) is -1.31. The molecule has 3 amide bonds. The van der Waals surface area contributed by atoms with Crippen LogP contribution in [0.5, 0.6) is 11.5 Å². The number of ether oxygens (including phenoxy) is 1. The third-order valence-electron chi connectivity index (χ3n) is 7.17. The zero-order valence-corrected chi connectivity index (χ0v) is 28.8. The molecule has 3 atom stereocenters. The summed E-state index contributed by atoms with van der Waals surface area (Å²) in [6.07, 6.45) is 4.33. The Morgan fingerprint density at radius 1 is 0.977 bits per heavy atom. The summed E-state index contributed by atoms with van der Waals surface area (Å²) in [7, 11) is -4.08. The number of hydrogen-bond acceptors (Lipinski definition) is 9. The molecule has 10 nitrogen and oxygen atoms in total. The fourth-order valence-corrected chi connectivity index (χ4v) is 7.69. The summed E-state index contributed by atoms with van der Waals surface area (Å²) in [6, 6.07) is 13.4. The van der Waals surface area contributed by atoms with Gasteiger partial charge in [-0.2, -0.15) is 0 Å². The zero-order valence-electron chi connectivity index (χ0n) is 26.2. The van der Waals surface area contributed by atoms with E-state index in [1.165, 1.54) is 4.90 Å². The number of piperidine rings is 1. The molecular formula is C31H44N3O7PS2. The highest BCUT2D eigenvalue weighted by Gasteiger charge is 2.45. The van der Waals surface area contributed by atoms with Gasteiger partial charge >= 0.3 is 13.7 Å². The van der Waals surface area contributed by atoms with Gasteiger partial charge in [0.05, 0.1) is 0 Å². The van der Waals surface area contributed by atoms with Crippen LogP contribution < -0.4 is 20.1 Å². The van der Waals surface area contributed by atoms with Crippen LogP contribution in [0, 0.1) is 5.41 Å². The first kappa shape index (κ1) is 35.7. The van der Waals surface area contributed by atoms with E-state index in [-0.39, 0.29) is 0 Å². The summed E-state index contributed by atoms with van der Waals surface area (Å²) < 4.78 is 32.2. The van der Waals surface area contributed by atoms with Gasteiger partial charge in [0, 0.05) is 21.8 Å². The zero-order chi connectivity index (χ0) is 32.5. The molecule has 1 saturated heterocycles. The number of hydrogen-bond donors (Lipinski definition) is 2. The summed E-state index contributed by atoms with van der Waals surface area (Å²) >= 11 is 3.14. The molecule has 3 rings (SSSR count). The molecule has 0 saturated carbocycles. The fraction of sp³-hybridized carbons (Fsp3) is 0.516. The normalized spacial score (nSPS) is 16.9. The number of nitrogens with one attached hydrogen (secondary N) is 1. The Labute approximate surface area is 269 Å². The number of primary amides is 1. The number of nitrogens with two attached hydrogens (primary N) is 1. The van der Waals surface area contributed by atoms with Crippen LogP contribution in [0.3, 0.4) is 0 Å². The number of benzene rings is 2. The van der Waals surface area contributed by atoms with E-state index < -0.39 is 48.8 Å². The van der Waals surface area contributed by atoms with E-state index in [4.69, 9.17) is 19.5 Å². The van der Waals surface area contributed by atoms with Gasteiger partial charge in [0.25, 0.3) is 5.91 Å². The number of amides is 3. The molecule has 0 spiro atoms. The first-order valence-corrected chi connectivity index (χ1v) is 18.7. The van der Waals surface area contributed by atoms with Crippen molar-refractivity contribution in [2.45, 2.75) is 87.5 Å². The van der Waals surface area contributed by atoms with Gasteiger partial charge in [-0.15, -0.1) is 23.5 Å². The molecular weight excluding hydrogens is 621 g/mol. The van der Waals surface area contributed by atoms with Crippen LogP contribution in [0.1, 0.15) is 59.8 Å². The number of thioether (sulfide) groups is 2. The van der Waals surface area contributed by atoms with E-state index in [2.05, 4.69) is 5.32 Å². The van der Waals surface area contributed by atoms with Crippen molar-refractivity contribution in [3.8, 4) is 11.5 Å². The number of rotatable bonds is 13. The standard InChI is InChI=1S/C31H44N3O7PS2/c1-7-10-26(33-28(35)25-11-8-9-20-34(25)29(36)27(31(2,3)4)39-30(32)37)42(38,40-21-12-16-23(43-5)17-13-21)41-22-14-18-24(44-6)19-15-22/h12-19,25-27H,7-11,20H2,1-6H3,(H2,32,37)(H,33,35)/t25-,26+,27+/m0/s1. The van der Waals surface area contributed by atoms with Crippen LogP contribution in [0.4, 0.5) is 4.79 Å². The minimum Gasteiger partial charge on any atom is -0.436 e. The van der Waals surface area contributed by atoms with Gasteiger partial charge in [0.15, 0.2) is 11.9 Å². The lowest BCUT2D eigenvalue weighted by atomic mass is 9.87. The largest absolute Gasteiger partial charge is 0.452 e. The van der Waals surface area contributed by atoms with E-state index in [1.54, 1.807) is 68.6 Å². The maximum Gasteiger partial charge on any atom is 0.452 e. The molecule has 2 aromatic rings. The molecule has 0 unspecified atom stereocenters. The van der Waals surface area contributed by atoms with Crippen molar-refractivity contribution < 1.29 is 32.7 Å². The van der Waals surface area contributed by atoms with Gasteiger partial charge in [-0.25, -0.2) is 9.36 Å². The average Bonchev–Trinajstić information content (AvgIpc) is 2.99. The van der Waals surface area contributed by atoms with Crippen molar-refractivity contribution in [1.82, 2.24) is 10.2 Å². The smallest absolute Gasteiger partial charge is 0.436 e. The molecule has 1 heterocycles. The third kappa shape index (κ3) is 9.59. The molecule has 3 N–H and O–H groups in total. The number of likely N-dealkylation sites (tertiary alicyclic amines) is 1. The summed E-state index contributed by atoms with van der Waals surface area (Å²) in [5.41, 5.74) is 4.53. The van der Waals surface area contributed by atoms with Crippen LogP contribution in [-0.2, 0) is 18.9 Å². The maximum absolute atomic E-state index is 14.7. The molecule has 1 aliphatic heterocycles. The second-order valence-corrected chi connectivity index (χ2v) is 15.4. The number of carbonyl (C=O) groups excluding carboxylic acids is 3. The highest BCUT2D eigenvalue weighted by atomic mass is 32.2. The summed E-state index contributed by atoms with van der Waals surface area (Å²) in [6.45, 7) is 7.50. The third-order valence-corrected chi connectivity index (χ3v) is 10.7. The van der Waals surface area contributed by atoms with Crippen LogP contribution in [0.25, 0.3) is 0 Å². The van der Waals surface area contributed by atoms with Crippen LogP contribution in [0.2, 0.25) is 0 Å². The fourth-order valence-electron chi connectivity index (χ4n) is 4.89. The lowest BCUT2D eigenvalue weighted by Crippen LogP contribution is -2.58. The minimum absolute atomic E-state index is 0.297. The van der Waals surface area contributed by atoms with Crippen LogP contribution in [-0.4, -0.2) is 59.8 Å². The molecule has 44 heavy (non-hydrogen) atoms. The lowest BCUT2D eigenvalue weighted by molar-refractivity contribution is -0.153. The van der Waals surface area contributed by atoms with Crippen molar-refractivity contribution in [3.05, 3.63) is 48.5 Å². The Morgan fingerprint density at radius 2 is 1.50 bits per heavy atom. The Morgan fingerprint density at radius 3 is 1.93 bits per heavy atom. The van der Waals surface area contributed by atoms with E-state index in [9.17, 15) is 18.9 Å². The Hall–Kier alpha value is -2.82. The number of nitrogens with zero attached hydrogens (tertiary/aromatic N) is 1. The molecule has 0 bridgehead atoms. The topological polar surface area (TPSA) is 137 Å². The van der Waals surface area contributed by atoms with Crippen LogP contribution >= 0.6 is 31.1 Å². The monoisotopic (exact) mass is 665 g/mol. The van der Waals surface area contributed by atoms with Crippen molar-refractivity contribution >= 4 is 49.0 Å². The highest BCUT2D eigenvalue weighted by Crippen LogP contribution is 2.53. The first-order chi connectivity index (χ1) is 20.8. The predicted molar refractivity (Wildman–Crippen MR) is 175 cm³/mol. The number of carbonyl (C=O) groups is 3. The van der Waals surface area contributed by atoms with Gasteiger partial charge in [-0.3, -0.25) is 9.59 Å². The molecule has 242 valence electrons. The maximum atomic E-state index is 14.7. The van der Waals surface area contributed by atoms with Crippen molar-refractivity contribution in [1.29, 1.82) is 0 Å². The van der Waals surface area contributed by atoms with Gasteiger partial charge in [0.2, 0.25) is 5.91 Å². The molecule has 2 aromatic carbocycles. The summed E-state index contributed by atoms with van der Waals surface area (Å²) in [4.78, 5) is 42.7. The van der Waals surface area contributed by atoms with Gasteiger partial charge in [-0.05, 0) is 86.7 Å². The van der Waals surface area contributed by atoms with E-state index in [1.807, 2.05) is 43.7 Å². The Kier molecular flexibility index (Phi) is 12.9. The minimum atomic E-state index is -4.08. The summed E-state index contributed by atoms with van der Waals surface area (Å²) in [5, 5.41) is 2.93. The van der Waals surface area contributed by atoms with E-state index in [0.717, 1.165) is 9.79 Å². The van der Waals surface area contributed by atoms with E-state index >= 15 is 0 Å². The van der Waals surface area contributed by atoms with Gasteiger partial charge in [-0.1, -0.05) is 34.1 Å². The predicted octanol–water partition coefficient (Wildman–Crippen LogP) is 6.91. The van der Waals surface area contributed by atoms with Crippen molar-refractivity contribution in [2.24, 2.45) is 11.1 Å². The first-order valence-electron chi connectivity index (χ1n) is 14.6. The second kappa shape index (κ2) is 16.0. The quantitative estimate of drug-likeness (QED) is 0.173. The molecule has 1 aliphatic rings. The average molecular weight is 666 g/mol. The Balaban J connectivity index is 1.94. The molecule has 1 fully saturated rings. The van der Waals surface area contributed by atoms with E-state index in [0.29, 0.717) is 50.1 Å². The lowest BCUT2D eigenvalue weighted by Gasteiger charge is -2.40. The second-order valence-electron chi connectivity index (χ2n) is 11.6.